The molecule has 0 aromatic heterocycles. The summed E-state index contributed by atoms with van der Waals surface area (Å²) in [5.74, 6) is -3.28. The van der Waals surface area contributed by atoms with E-state index >= 15 is 0 Å². The zero-order valence-corrected chi connectivity index (χ0v) is 27.2. The Morgan fingerprint density at radius 2 is 1.90 bits per heavy atom. The molecule has 48 heavy (non-hydrogen) atoms. The summed E-state index contributed by atoms with van der Waals surface area (Å²) < 4.78 is 32.5. The number of amides is 3. The average molecular weight is 674 g/mol. The molecule has 15 nitrogen and oxygen atoms in total. The SMILES string of the molecule is C=C1C(=O)O[C@H]2[C@H]1CC/C(COC(=O)CCC(=O)NCCOCCOCC(=O)Nc1ccc(OC)c(C(N)=O)c1O)=C\CC[C@@]1(C)O[C@@H]21. The van der Waals surface area contributed by atoms with Crippen molar-refractivity contribution in [1.29, 1.82) is 0 Å². The first-order chi connectivity index (χ1) is 22.9. The van der Waals surface area contributed by atoms with Crippen molar-refractivity contribution >= 4 is 35.3 Å². The number of carbonyl (C=O) groups is 5. The summed E-state index contributed by atoms with van der Waals surface area (Å²) in [6, 6.07) is 2.75. The number of epoxide rings is 1. The van der Waals surface area contributed by atoms with E-state index in [9.17, 15) is 29.1 Å². The standard InChI is InChI=1S/C33H43N3O12/c1-19-21-7-6-20(5-4-12-33(2)30(48-33)29(21)47-32(19)42)17-46-26(39)11-10-24(37)35-13-14-44-15-16-45-18-25(38)36-22-8-9-23(43-3)27(28(22)40)31(34)41/h5,8-9,21,29-30,40H,1,4,6-7,10-18H2,2-3H3,(H2,34,41)(H,35,37)(H,36,38)/b20-5+/t21-,29-,30-,33+/m0/s1. The number of carbonyl (C=O) groups excluding carboxylic acids is 5. The summed E-state index contributed by atoms with van der Waals surface area (Å²) in [6.07, 6.45) is 4.24. The Labute approximate surface area is 278 Å². The van der Waals surface area contributed by atoms with Gasteiger partial charge in [-0.1, -0.05) is 12.7 Å². The Morgan fingerprint density at radius 1 is 1.12 bits per heavy atom. The molecule has 3 amide bonds. The van der Waals surface area contributed by atoms with Gasteiger partial charge >= 0.3 is 11.9 Å². The molecule has 4 atom stereocenters. The second-order valence-electron chi connectivity index (χ2n) is 11.9. The van der Waals surface area contributed by atoms with E-state index in [2.05, 4.69) is 23.3 Å². The van der Waals surface area contributed by atoms with Crippen LogP contribution in [0.25, 0.3) is 0 Å². The summed E-state index contributed by atoms with van der Waals surface area (Å²) in [7, 11) is 1.31. The quantitative estimate of drug-likeness (QED) is 0.0493. The Hall–Kier alpha value is -4.47. The smallest absolute Gasteiger partial charge is 0.334 e. The Morgan fingerprint density at radius 3 is 2.65 bits per heavy atom. The molecule has 1 aromatic carbocycles. The molecule has 262 valence electrons. The number of fused-ring (bicyclic) bond motifs is 3. The van der Waals surface area contributed by atoms with Crippen molar-refractivity contribution in [3.63, 3.8) is 0 Å². The predicted molar refractivity (Wildman–Crippen MR) is 169 cm³/mol. The number of anilines is 1. The van der Waals surface area contributed by atoms with Crippen LogP contribution in [0.4, 0.5) is 5.69 Å². The Bertz CT molecular complexity index is 1440. The van der Waals surface area contributed by atoms with Crippen LogP contribution in [0.5, 0.6) is 11.5 Å². The molecule has 2 saturated heterocycles. The van der Waals surface area contributed by atoms with Crippen LogP contribution >= 0.6 is 0 Å². The number of phenols is 1. The number of allylic oxidation sites excluding steroid dienone is 1. The number of nitrogens with one attached hydrogen (secondary N) is 2. The maximum absolute atomic E-state index is 12.3. The molecular formula is C33H43N3O12. The lowest BCUT2D eigenvalue weighted by Gasteiger charge is -2.20. The zero-order valence-electron chi connectivity index (χ0n) is 27.2. The zero-order chi connectivity index (χ0) is 34.8. The van der Waals surface area contributed by atoms with Crippen molar-refractivity contribution in [3.05, 3.63) is 41.5 Å². The first-order valence-corrected chi connectivity index (χ1v) is 15.8. The fourth-order valence-corrected chi connectivity index (χ4v) is 5.72. The van der Waals surface area contributed by atoms with E-state index in [1.54, 1.807) is 0 Å². The van der Waals surface area contributed by atoms with Gasteiger partial charge in [0.2, 0.25) is 11.8 Å². The minimum absolute atomic E-state index is 0.0256. The summed E-state index contributed by atoms with van der Waals surface area (Å²) in [5.41, 5.74) is 6.04. The van der Waals surface area contributed by atoms with Crippen molar-refractivity contribution < 1.29 is 57.5 Å². The van der Waals surface area contributed by atoms with Crippen LogP contribution in [0.3, 0.4) is 0 Å². The maximum Gasteiger partial charge on any atom is 0.334 e. The maximum atomic E-state index is 12.3. The third-order valence-corrected chi connectivity index (χ3v) is 8.47. The second kappa shape index (κ2) is 16.6. The molecule has 15 heteroatoms. The number of benzene rings is 1. The molecule has 0 saturated carbocycles. The molecule has 0 bridgehead atoms. The van der Waals surface area contributed by atoms with Gasteiger partial charge in [-0.2, -0.15) is 0 Å². The first-order valence-electron chi connectivity index (χ1n) is 15.8. The molecule has 2 heterocycles. The number of esters is 2. The van der Waals surface area contributed by atoms with Crippen LogP contribution in [0.1, 0.15) is 55.8 Å². The van der Waals surface area contributed by atoms with Gasteiger partial charge < -0.3 is 49.9 Å². The van der Waals surface area contributed by atoms with Gasteiger partial charge in [0.25, 0.3) is 5.91 Å². The lowest BCUT2D eigenvalue weighted by Crippen LogP contribution is -2.29. The molecule has 0 radical (unpaired) electrons. The fraction of sp³-hybridized carbons (Fsp3) is 0.545. The summed E-state index contributed by atoms with van der Waals surface area (Å²) in [5, 5.41) is 15.3. The van der Waals surface area contributed by atoms with E-state index < -0.39 is 23.5 Å². The van der Waals surface area contributed by atoms with Crippen LogP contribution in [0.2, 0.25) is 0 Å². The van der Waals surface area contributed by atoms with Crippen molar-refractivity contribution in [2.24, 2.45) is 11.7 Å². The van der Waals surface area contributed by atoms with E-state index in [-0.39, 0.29) is 105 Å². The summed E-state index contributed by atoms with van der Waals surface area (Å²) in [4.78, 5) is 60.3. The van der Waals surface area contributed by atoms with Gasteiger partial charge in [-0.25, -0.2) is 4.79 Å². The molecule has 1 aromatic rings. The van der Waals surface area contributed by atoms with E-state index in [1.807, 2.05) is 6.92 Å². The molecule has 0 unspecified atom stereocenters. The highest BCUT2D eigenvalue weighted by Gasteiger charge is 2.61. The minimum Gasteiger partial charge on any atom is -0.505 e. The molecule has 0 spiro atoms. The minimum atomic E-state index is -0.915. The molecule has 5 N–H and O–H groups in total. The molecule has 2 fully saturated rings. The summed E-state index contributed by atoms with van der Waals surface area (Å²) in [6.45, 7) is 6.33. The third kappa shape index (κ3) is 9.55. The Balaban J connectivity index is 1.04. The molecular weight excluding hydrogens is 630 g/mol. The average Bonchev–Trinajstić information content (AvgIpc) is 3.64. The van der Waals surface area contributed by atoms with Gasteiger partial charge in [-0.05, 0) is 50.3 Å². The van der Waals surface area contributed by atoms with E-state index in [1.165, 1.54) is 19.2 Å². The Kier molecular flexibility index (Phi) is 12.6. The lowest BCUT2D eigenvalue weighted by atomic mass is 9.84. The van der Waals surface area contributed by atoms with E-state index in [4.69, 9.17) is 34.2 Å². The number of aromatic hydroxyl groups is 1. The van der Waals surface area contributed by atoms with Gasteiger partial charge in [-0.15, -0.1) is 0 Å². The van der Waals surface area contributed by atoms with Crippen LogP contribution in [-0.4, -0.2) is 99.3 Å². The molecule has 2 aliphatic heterocycles. The second-order valence-corrected chi connectivity index (χ2v) is 11.9. The monoisotopic (exact) mass is 673 g/mol. The van der Waals surface area contributed by atoms with Crippen molar-refractivity contribution in [2.45, 2.75) is 63.3 Å². The fourth-order valence-electron chi connectivity index (χ4n) is 5.72. The van der Waals surface area contributed by atoms with Gasteiger partial charge in [0.05, 0.1) is 44.6 Å². The van der Waals surface area contributed by atoms with Crippen LogP contribution in [0, 0.1) is 5.92 Å². The van der Waals surface area contributed by atoms with Gasteiger partial charge in [0.1, 0.15) is 36.7 Å². The molecule has 3 aliphatic rings. The highest BCUT2D eigenvalue weighted by molar-refractivity contribution is 6.02. The normalized spacial score (nSPS) is 24.2. The van der Waals surface area contributed by atoms with Crippen molar-refractivity contribution in [3.8, 4) is 11.5 Å². The van der Waals surface area contributed by atoms with Crippen molar-refractivity contribution in [1.82, 2.24) is 5.32 Å². The van der Waals surface area contributed by atoms with Crippen LogP contribution < -0.4 is 21.1 Å². The van der Waals surface area contributed by atoms with Gasteiger partial charge in [0, 0.05) is 24.5 Å². The van der Waals surface area contributed by atoms with E-state index in [0.29, 0.717) is 18.4 Å². The number of hydrogen-bond donors (Lipinski definition) is 4. The number of nitrogens with two attached hydrogens (primary N) is 1. The van der Waals surface area contributed by atoms with Crippen LogP contribution in [0.15, 0.2) is 35.9 Å². The lowest BCUT2D eigenvalue weighted by molar-refractivity contribution is -0.144. The number of ether oxygens (including phenoxy) is 6. The first kappa shape index (κ1) is 36.4. The number of hydrogen-bond acceptors (Lipinski definition) is 12. The van der Waals surface area contributed by atoms with Crippen LogP contribution in [-0.2, 0) is 42.9 Å². The number of methoxy groups -OCH3 is 1. The predicted octanol–water partition coefficient (Wildman–Crippen LogP) is 1.67. The molecule has 1 aliphatic carbocycles. The third-order valence-electron chi connectivity index (χ3n) is 8.47. The van der Waals surface area contributed by atoms with Gasteiger partial charge in [0.15, 0.2) is 5.75 Å². The summed E-state index contributed by atoms with van der Waals surface area (Å²) >= 11 is 0. The van der Waals surface area contributed by atoms with E-state index in [0.717, 1.165) is 18.4 Å². The topological polar surface area (TPSA) is 214 Å². The largest absolute Gasteiger partial charge is 0.505 e. The number of rotatable bonds is 16. The number of primary amides is 1. The highest BCUT2D eigenvalue weighted by Crippen LogP contribution is 2.49. The highest BCUT2D eigenvalue weighted by atomic mass is 16.6. The molecule has 4 rings (SSSR count). The van der Waals surface area contributed by atoms with Gasteiger partial charge in [-0.3, -0.25) is 19.2 Å². The van der Waals surface area contributed by atoms with Crippen molar-refractivity contribution in [2.75, 3.05) is 52.0 Å².